The average molecular weight is 606 g/mol. The number of carbonyl (C=O) groups excluding carboxylic acids is 5. The summed E-state index contributed by atoms with van der Waals surface area (Å²) >= 11 is 0. The Hall–Kier alpha value is -4.55. The zero-order chi connectivity index (χ0) is 32.3. The largest absolute Gasteiger partial charge is 0.456 e. The molecule has 0 bridgehead atoms. The lowest BCUT2D eigenvalue weighted by Gasteiger charge is -2.42. The molecule has 1 fully saturated rings. The molecule has 4 rings (SSSR count). The fourth-order valence-electron chi connectivity index (χ4n) is 5.48. The van der Waals surface area contributed by atoms with Crippen LogP contribution < -0.4 is 16.8 Å². The maximum absolute atomic E-state index is 14.1. The standard InChI is InChI=1S/C32H39N5O7/c1-30(2,3)44-29(42)32(43)31(34,16-17-37(32)26(39)15-9-12-20-10-5-4-6-11-20)27(40)23(19-25(33)38)36-28(41)24-18-21-13-7-8-14-22(21)35-24/h4-8,10-11,13-14,18,23,35,43H,9,12,15-17,19,34H2,1-3H3,(H2,33,38)(H,36,41)/t23-,31+,32+/m0/s1. The SMILES string of the molecule is CC(C)(C)OC(=O)[C@]1(O)N(C(=O)CCCc2ccccc2)CC[C@@]1(N)C(=O)[C@H](CC(N)=O)NC(=O)c1cc2ccccc2[nH]1. The number of nitrogens with zero attached hydrogens (tertiary/aromatic N) is 1. The van der Waals surface area contributed by atoms with Crippen LogP contribution in [-0.4, -0.2) is 73.9 Å². The van der Waals surface area contributed by atoms with E-state index in [1.807, 2.05) is 30.3 Å². The third kappa shape index (κ3) is 6.66. The number of rotatable bonds is 11. The number of para-hydroxylation sites is 1. The Morgan fingerprint density at radius 1 is 1.07 bits per heavy atom. The summed E-state index contributed by atoms with van der Waals surface area (Å²) in [6, 6.07) is 16.5. The Balaban J connectivity index is 1.63. The number of hydrogen-bond acceptors (Lipinski definition) is 8. The van der Waals surface area contributed by atoms with Crippen LogP contribution in [0.1, 0.15) is 62.5 Å². The van der Waals surface area contributed by atoms with Gasteiger partial charge >= 0.3 is 5.97 Å². The van der Waals surface area contributed by atoms with Gasteiger partial charge < -0.3 is 36.5 Å². The van der Waals surface area contributed by atoms with Gasteiger partial charge in [0.1, 0.15) is 16.8 Å². The van der Waals surface area contributed by atoms with E-state index in [-0.39, 0.29) is 25.1 Å². The first-order chi connectivity index (χ1) is 20.7. The molecule has 1 aromatic heterocycles. The van der Waals surface area contributed by atoms with Gasteiger partial charge in [-0.1, -0.05) is 48.5 Å². The van der Waals surface area contributed by atoms with Crippen molar-refractivity contribution in [3.63, 3.8) is 0 Å². The summed E-state index contributed by atoms with van der Waals surface area (Å²) in [5.74, 6) is -4.63. The van der Waals surface area contributed by atoms with E-state index in [2.05, 4.69) is 10.3 Å². The first kappa shape index (κ1) is 32.4. The molecule has 1 aliphatic heterocycles. The quantitative estimate of drug-likeness (QED) is 0.203. The van der Waals surface area contributed by atoms with Crippen LogP contribution >= 0.6 is 0 Å². The van der Waals surface area contributed by atoms with Crippen molar-refractivity contribution < 1.29 is 33.8 Å². The fraction of sp³-hybridized carbons (Fsp3) is 0.406. The number of ether oxygens (including phenoxy) is 1. The van der Waals surface area contributed by atoms with Crippen LogP contribution in [0.4, 0.5) is 0 Å². The third-order valence-electron chi connectivity index (χ3n) is 7.67. The van der Waals surface area contributed by atoms with Gasteiger partial charge in [0, 0.05) is 23.9 Å². The predicted octanol–water partition coefficient (Wildman–Crippen LogP) is 1.69. The molecular weight excluding hydrogens is 566 g/mol. The zero-order valence-electron chi connectivity index (χ0n) is 25.1. The van der Waals surface area contributed by atoms with E-state index < -0.39 is 58.8 Å². The van der Waals surface area contributed by atoms with Gasteiger partial charge in [-0.25, -0.2) is 4.79 Å². The fourth-order valence-corrected chi connectivity index (χ4v) is 5.48. The number of fused-ring (bicyclic) bond motifs is 1. The highest BCUT2D eigenvalue weighted by Crippen LogP contribution is 2.39. The molecule has 0 radical (unpaired) electrons. The molecule has 3 aromatic rings. The normalized spacial score (nSPS) is 20.7. The lowest BCUT2D eigenvalue weighted by atomic mass is 9.79. The van der Waals surface area contributed by atoms with Crippen molar-refractivity contribution in [2.75, 3.05) is 6.54 Å². The average Bonchev–Trinajstić information content (AvgIpc) is 3.52. The molecule has 0 spiro atoms. The number of H-pyrrole nitrogens is 1. The number of aromatic amines is 1. The molecule has 3 amide bonds. The van der Waals surface area contributed by atoms with Crippen LogP contribution in [0.15, 0.2) is 60.7 Å². The number of benzene rings is 2. The molecule has 0 unspecified atom stereocenters. The van der Waals surface area contributed by atoms with Crippen LogP contribution in [-0.2, 0) is 30.3 Å². The van der Waals surface area contributed by atoms with Crippen molar-refractivity contribution in [3.8, 4) is 0 Å². The van der Waals surface area contributed by atoms with E-state index in [9.17, 15) is 29.1 Å². The zero-order valence-corrected chi connectivity index (χ0v) is 25.1. The summed E-state index contributed by atoms with van der Waals surface area (Å²) in [5.41, 5.74) is 7.31. The van der Waals surface area contributed by atoms with Gasteiger partial charge in [-0.15, -0.1) is 0 Å². The van der Waals surface area contributed by atoms with E-state index in [4.69, 9.17) is 16.2 Å². The first-order valence-corrected chi connectivity index (χ1v) is 14.5. The van der Waals surface area contributed by atoms with E-state index in [0.29, 0.717) is 18.4 Å². The molecule has 0 saturated carbocycles. The third-order valence-corrected chi connectivity index (χ3v) is 7.67. The molecule has 2 aromatic carbocycles. The van der Waals surface area contributed by atoms with Gasteiger partial charge in [0.25, 0.3) is 11.6 Å². The van der Waals surface area contributed by atoms with Crippen molar-refractivity contribution in [2.45, 2.75) is 75.8 Å². The molecule has 12 nitrogen and oxygen atoms in total. The van der Waals surface area contributed by atoms with Gasteiger partial charge in [-0.3, -0.25) is 19.2 Å². The summed E-state index contributed by atoms with van der Waals surface area (Å²) in [6.45, 7) is 4.44. The van der Waals surface area contributed by atoms with Crippen LogP contribution in [0.25, 0.3) is 10.9 Å². The number of aryl methyl sites for hydroxylation is 1. The van der Waals surface area contributed by atoms with Gasteiger partial charge in [0.05, 0.1) is 12.5 Å². The molecule has 44 heavy (non-hydrogen) atoms. The second kappa shape index (κ2) is 12.6. The summed E-state index contributed by atoms with van der Waals surface area (Å²) in [6.07, 6.45) is -0.0899. The van der Waals surface area contributed by atoms with E-state index in [1.165, 1.54) is 0 Å². The number of aliphatic hydroxyl groups is 1. The number of aromatic nitrogens is 1. The number of carbonyl (C=O) groups is 5. The topological polar surface area (TPSA) is 198 Å². The van der Waals surface area contributed by atoms with E-state index >= 15 is 0 Å². The van der Waals surface area contributed by atoms with Crippen molar-refractivity contribution in [1.29, 1.82) is 0 Å². The predicted molar refractivity (Wildman–Crippen MR) is 162 cm³/mol. The van der Waals surface area contributed by atoms with Crippen molar-refractivity contribution in [2.24, 2.45) is 11.5 Å². The number of hydrogen-bond donors (Lipinski definition) is 5. The van der Waals surface area contributed by atoms with Gasteiger partial charge in [0.2, 0.25) is 11.8 Å². The second-order valence-electron chi connectivity index (χ2n) is 12.1. The second-order valence-corrected chi connectivity index (χ2v) is 12.1. The Morgan fingerprint density at radius 2 is 1.73 bits per heavy atom. The molecule has 0 aliphatic carbocycles. The highest BCUT2D eigenvalue weighted by Gasteiger charge is 2.69. The van der Waals surface area contributed by atoms with E-state index in [0.717, 1.165) is 15.8 Å². The van der Waals surface area contributed by atoms with Crippen LogP contribution in [0.3, 0.4) is 0 Å². The number of Topliss-reactive ketones (excluding diaryl/α,β-unsaturated/α-hetero) is 1. The van der Waals surface area contributed by atoms with Crippen molar-refractivity contribution >= 4 is 40.4 Å². The maximum atomic E-state index is 14.1. The van der Waals surface area contributed by atoms with Crippen LogP contribution in [0.2, 0.25) is 0 Å². The van der Waals surface area contributed by atoms with Gasteiger partial charge in [-0.05, 0) is 57.7 Å². The van der Waals surface area contributed by atoms with Crippen molar-refractivity contribution in [1.82, 2.24) is 15.2 Å². The number of nitrogens with two attached hydrogens (primary N) is 2. The lowest BCUT2D eigenvalue weighted by Crippen LogP contribution is -2.74. The van der Waals surface area contributed by atoms with E-state index in [1.54, 1.807) is 51.1 Å². The Kier molecular flexibility index (Phi) is 9.26. The molecule has 234 valence electrons. The number of likely N-dealkylation sites (tertiary alicyclic amines) is 1. The maximum Gasteiger partial charge on any atom is 0.362 e. The lowest BCUT2D eigenvalue weighted by molar-refractivity contribution is -0.207. The minimum absolute atomic E-state index is 0.0495. The van der Waals surface area contributed by atoms with Gasteiger partial charge in [0.15, 0.2) is 5.78 Å². The Morgan fingerprint density at radius 3 is 2.36 bits per heavy atom. The number of amides is 3. The molecular formula is C32H39N5O7. The number of ketones is 1. The summed E-state index contributed by atoms with van der Waals surface area (Å²) in [7, 11) is 0. The van der Waals surface area contributed by atoms with Crippen LogP contribution in [0.5, 0.6) is 0 Å². The van der Waals surface area contributed by atoms with Crippen LogP contribution in [0, 0.1) is 0 Å². The molecule has 1 saturated heterocycles. The van der Waals surface area contributed by atoms with Crippen molar-refractivity contribution in [3.05, 3.63) is 71.9 Å². The molecule has 12 heteroatoms. The first-order valence-electron chi connectivity index (χ1n) is 14.5. The molecule has 3 atom stereocenters. The monoisotopic (exact) mass is 605 g/mol. The smallest absolute Gasteiger partial charge is 0.362 e. The van der Waals surface area contributed by atoms with Gasteiger partial charge in [-0.2, -0.15) is 0 Å². The number of nitrogens with one attached hydrogen (secondary N) is 2. The minimum Gasteiger partial charge on any atom is -0.456 e. The summed E-state index contributed by atoms with van der Waals surface area (Å²) in [4.78, 5) is 70.3. The highest BCUT2D eigenvalue weighted by atomic mass is 16.6. The Bertz CT molecular complexity index is 1530. The number of primary amides is 1. The summed E-state index contributed by atoms with van der Waals surface area (Å²) < 4.78 is 5.47. The highest BCUT2D eigenvalue weighted by molar-refractivity contribution is 6.07. The molecule has 7 N–H and O–H groups in total. The number of esters is 1. The Labute approximate surface area is 255 Å². The minimum atomic E-state index is -2.93. The molecule has 2 heterocycles. The summed E-state index contributed by atoms with van der Waals surface area (Å²) in [5, 5.41) is 15.3. The molecule has 1 aliphatic rings.